The summed E-state index contributed by atoms with van der Waals surface area (Å²) in [5.74, 6) is 0. The van der Waals surface area contributed by atoms with Crippen molar-refractivity contribution in [2.75, 3.05) is 5.73 Å². The predicted molar refractivity (Wildman–Crippen MR) is 126 cm³/mol. The van der Waals surface area contributed by atoms with Crippen molar-refractivity contribution < 1.29 is 10.2 Å². The average Bonchev–Trinajstić information content (AvgIpc) is 2.72. The van der Waals surface area contributed by atoms with Crippen LogP contribution in [0.15, 0.2) is 18.2 Å². The van der Waals surface area contributed by atoms with Gasteiger partial charge in [-0.25, -0.2) is 0 Å². The number of benzene rings is 1. The third-order valence-electron chi connectivity index (χ3n) is 6.02. The molecule has 1 aromatic carbocycles. The first kappa shape index (κ1) is 26.0. The van der Waals surface area contributed by atoms with Gasteiger partial charge in [0, 0.05) is 11.3 Å². The summed E-state index contributed by atoms with van der Waals surface area (Å²) in [6.45, 7) is 4.48. The van der Waals surface area contributed by atoms with Gasteiger partial charge in [0.1, 0.15) is 0 Å². The molecule has 0 spiro atoms. The lowest BCUT2D eigenvalue weighted by molar-refractivity contribution is 0.157. The lowest BCUT2D eigenvalue weighted by atomic mass is 9.95. The Kier molecular flexibility index (Phi) is 15.0. The van der Waals surface area contributed by atoms with Gasteiger partial charge >= 0.3 is 0 Å². The first-order valence-corrected chi connectivity index (χ1v) is 12.4. The normalized spacial score (nSPS) is 13.5. The minimum atomic E-state index is -0.531. The Morgan fingerprint density at radius 3 is 1.62 bits per heavy atom. The number of anilines is 1. The quantitative estimate of drug-likeness (QED) is 0.174. The molecule has 168 valence electrons. The second kappa shape index (κ2) is 16.7. The van der Waals surface area contributed by atoms with Crippen LogP contribution in [0.4, 0.5) is 5.69 Å². The van der Waals surface area contributed by atoms with Crippen molar-refractivity contribution in [3.8, 4) is 0 Å². The molecule has 0 bridgehead atoms. The van der Waals surface area contributed by atoms with Crippen LogP contribution < -0.4 is 5.73 Å². The first-order chi connectivity index (χ1) is 14.1. The molecule has 2 unspecified atom stereocenters. The molecule has 1 rings (SSSR count). The van der Waals surface area contributed by atoms with E-state index >= 15 is 0 Å². The smallest absolute Gasteiger partial charge is 0.0810 e. The Hall–Kier alpha value is -1.06. The van der Waals surface area contributed by atoms with Crippen LogP contribution in [-0.2, 0) is 0 Å². The van der Waals surface area contributed by atoms with Crippen LogP contribution in [-0.4, -0.2) is 10.2 Å². The summed E-state index contributed by atoms with van der Waals surface area (Å²) in [5, 5.41) is 21.2. The molecule has 0 aliphatic heterocycles. The maximum Gasteiger partial charge on any atom is 0.0810 e. The Balaban J connectivity index is 2.36. The van der Waals surface area contributed by atoms with Gasteiger partial charge in [0.2, 0.25) is 0 Å². The summed E-state index contributed by atoms with van der Waals surface area (Å²) in [4.78, 5) is 0. The van der Waals surface area contributed by atoms with E-state index in [1.165, 1.54) is 77.0 Å². The van der Waals surface area contributed by atoms with E-state index in [0.29, 0.717) is 5.69 Å². The standard InChI is InChI=1S/C26H47NO2/c1-3-5-7-9-11-13-15-17-25(28)22-19-20-24(27)23(21-22)26(29)18-16-14-12-10-8-6-4-2/h19-21,25-26,28-29H,3-18,27H2,1-2H3. The minimum absolute atomic E-state index is 0.462. The van der Waals surface area contributed by atoms with Gasteiger partial charge in [0.25, 0.3) is 0 Å². The molecule has 0 radical (unpaired) electrons. The fourth-order valence-corrected chi connectivity index (χ4v) is 4.00. The van der Waals surface area contributed by atoms with Crippen molar-refractivity contribution in [2.45, 2.75) is 129 Å². The van der Waals surface area contributed by atoms with Gasteiger partial charge in [-0.3, -0.25) is 0 Å². The Morgan fingerprint density at radius 2 is 1.10 bits per heavy atom. The van der Waals surface area contributed by atoms with Crippen molar-refractivity contribution in [2.24, 2.45) is 0 Å². The number of hydrogen-bond acceptors (Lipinski definition) is 3. The molecule has 0 fully saturated rings. The number of nitrogens with two attached hydrogens (primary N) is 1. The van der Waals surface area contributed by atoms with Crippen LogP contribution in [0.5, 0.6) is 0 Å². The highest BCUT2D eigenvalue weighted by Gasteiger charge is 2.15. The molecule has 0 aliphatic carbocycles. The number of unbranched alkanes of at least 4 members (excludes halogenated alkanes) is 12. The van der Waals surface area contributed by atoms with Crippen molar-refractivity contribution in [1.82, 2.24) is 0 Å². The lowest BCUT2D eigenvalue weighted by Gasteiger charge is -2.17. The van der Waals surface area contributed by atoms with Crippen LogP contribution in [0.25, 0.3) is 0 Å². The lowest BCUT2D eigenvalue weighted by Crippen LogP contribution is -2.06. The topological polar surface area (TPSA) is 66.5 Å². The van der Waals surface area contributed by atoms with Crippen LogP contribution in [0.3, 0.4) is 0 Å². The van der Waals surface area contributed by atoms with Gasteiger partial charge in [-0.1, -0.05) is 110 Å². The Labute approximate surface area is 180 Å². The fraction of sp³-hybridized carbons (Fsp3) is 0.769. The number of aliphatic hydroxyl groups excluding tert-OH is 2. The Bertz CT molecular complexity index is 517. The highest BCUT2D eigenvalue weighted by molar-refractivity contribution is 5.50. The van der Waals surface area contributed by atoms with Crippen molar-refractivity contribution >= 4 is 5.69 Å². The molecule has 29 heavy (non-hydrogen) atoms. The van der Waals surface area contributed by atoms with Crippen LogP contribution >= 0.6 is 0 Å². The van der Waals surface area contributed by atoms with Crippen molar-refractivity contribution in [1.29, 1.82) is 0 Å². The van der Waals surface area contributed by atoms with Gasteiger partial charge in [0.15, 0.2) is 0 Å². The molecule has 1 aromatic rings. The van der Waals surface area contributed by atoms with E-state index in [9.17, 15) is 10.2 Å². The maximum atomic E-state index is 10.6. The molecule has 0 amide bonds. The molecular weight excluding hydrogens is 358 g/mol. The third-order valence-corrected chi connectivity index (χ3v) is 6.02. The van der Waals surface area contributed by atoms with Gasteiger partial charge in [0.05, 0.1) is 12.2 Å². The van der Waals surface area contributed by atoms with Crippen LogP contribution in [0, 0.1) is 0 Å². The predicted octanol–water partition coefficient (Wildman–Crippen LogP) is 7.62. The number of nitrogen functional groups attached to an aromatic ring is 1. The van der Waals surface area contributed by atoms with Crippen molar-refractivity contribution in [3.63, 3.8) is 0 Å². The number of rotatable bonds is 18. The van der Waals surface area contributed by atoms with E-state index in [1.54, 1.807) is 0 Å². The summed E-state index contributed by atoms with van der Waals surface area (Å²) in [7, 11) is 0. The summed E-state index contributed by atoms with van der Waals surface area (Å²) < 4.78 is 0. The minimum Gasteiger partial charge on any atom is -0.398 e. The summed E-state index contributed by atoms with van der Waals surface area (Å²) in [6, 6.07) is 5.67. The SMILES string of the molecule is CCCCCCCCCC(O)c1ccc(N)c(C(O)CCCCCCCCC)c1. The zero-order chi connectivity index (χ0) is 21.3. The van der Waals surface area contributed by atoms with Gasteiger partial charge in [-0.15, -0.1) is 0 Å². The van der Waals surface area contributed by atoms with Crippen LogP contribution in [0.1, 0.15) is 140 Å². The Morgan fingerprint density at radius 1 is 0.655 bits per heavy atom. The van der Waals surface area contributed by atoms with Crippen LogP contribution in [0.2, 0.25) is 0 Å². The molecule has 0 aromatic heterocycles. The molecule has 3 heteroatoms. The van der Waals surface area contributed by atoms with Gasteiger partial charge in [-0.05, 0) is 30.5 Å². The second-order valence-corrected chi connectivity index (χ2v) is 8.74. The molecule has 0 saturated carbocycles. The number of aliphatic hydroxyl groups is 2. The first-order valence-electron chi connectivity index (χ1n) is 12.4. The molecular formula is C26H47NO2. The summed E-state index contributed by atoms with van der Waals surface area (Å²) in [6.07, 6.45) is 17.9. The maximum absolute atomic E-state index is 10.6. The largest absolute Gasteiger partial charge is 0.398 e. The van der Waals surface area contributed by atoms with E-state index in [2.05, 4.69) is 13.8 Å². The van der Waals surface area contributed by atoms with E-state index < -0.39 is 12.2 Å². The van der Waals surface area contributed by atoms with E-state index in [-0.39, 0.29) is 0 Å². The molecule has 0 heterocycles. The van der Waals surface area contributed by atoms with E-state index in [4.69, 9.17) is 5.73 Å². The second-order valence-electron chi connectivity index (χ2n) is 8.74. The molecule has 0 saturated heterocycles. The molecule has 4 N–H and O–H groups in total. The van der Waals surface area contributed by atoms with Crippen molar-refractivity contribution in [3.05, 3.63) is 29.3 Å². The monoisotopic (exact) mass is 405 g/mol. The summed E-state index contributed by atoms with van der Waals surface area (Å²) in [5.41, 5.74) is 8.42. The average molecular weight is 406 g/mol. The summed E-state index contributed by atoms with van der Waals surface area (Å²) >= 11 is 0. The molecule has 3 nitrogen and oxygen atoms in total. The highest BCUT2D eigenvalue weighted by atomic mass is 16.3. The van der Waals surface area contributed by atoms with Gasteiger partial charge < -0.3 is 15.9 Å². The highest BCUT2D eigenvalue weighted by Crippen LogP contribution is 2.30. The number of hydrogen-bond donors (Lipinski definition) is 3. The fourth-order valence-electron chi connectivity index (χ4n) is 4.00. The van der Waals surface area contributed by atoms with Gasteiger partial charge in [-0.2, -0.15) is 0 Å². The molecule has 2 atom stereocenters. The third kappa shape index (κ3) is 11.6. The molecule has 0 aliphatic rings. The van der Waals surface area contributed by atoms with E-state index in [0.717, 1.165) is 36.8 Å². The zero-order valence-electron chi connectivity index (χ0n) is 19.2. The van der Waals surface area contributed by atoms with E-state index in [1.807, 2.05) is 18.2 Å². The zero-order valence-corrected chi connectivity index (χ0v) is 19.2.